The van der Waals surface area contributed by atoms with Gasteiger partial charge in [0.05, 0.1) is 11.2 Å². The number of alkyl halides is 3. The zero-order valence-electron chi connectivity index (χ0n) is 10.7. The molecule has 0 atom stereocenters. The van der Waals surface area contributed by atoms with Crippen molar-refractivity contribution in [3.63, 3.8) is 0 Å². The molecule has 1 fully saturated rings. The fraction of sp³-hybridized carbons (Fsp3) is 0.583. The second kappa shape index (κ2) is 5.45. The van der Waals surface area contributed by atoms with Crippen molar-refractivity contribution >= 4 is 11.6 Å². The van der Waals surface area contributed by atoms with Gasteiger partial charge in [0.15, 0.2) is 0 Å². The lowest BCUT2D eigenvalue weighted by molar-refractivity contribution is -0.137. The molecule has 1 aliphatic rings. The number of hydrogen-bond donors (Lipinski definition) is 3. The van der Waals surface area contributed by atoms with Crippen LogP contribution in [0.4, 0.5) is 24.8 Å². The van der Waals surface area contributed by atoms with E-state index in [1.54, 1.807) is 0 Å². The van der Waals surface area contributed by atoms with Crippen LogP contribution in [-0.4, -0.2) is 35.5 Å². The minimum absolute atomic E-state index is 0.00255. The second-order valence-corrected chi connectivity index (χ2v) is 4.85. The summed E-state index contributed by atoms with van der Waals surface area (Å²) in [5.74, 6) is -0.224. The van der Waals surface area contributed by atoms with Crippen LogP contribution in [0.1, 0.15) is 18.4 Å². The third kappa shape index (κ3) is 3.73. The number of nitrogens with two attached hydrogens (primary N) is 1. The van der Waals surface area contributed by atoms with Gasteiger partial charge in [-0.2, -0.15) is 13.2 Å². The molecule has 2 heterocycles. The highest BCUT2D eigenvalue weighted by Crippen LogP contribution is 2.31. The van der Waals surface area contributed by atoms with Gasteiger partial charge < -0.3 is 20.9 Å². The van der Waals surface area contributed by atoms with Gasteiger partial charge in [-0.3, -0.25) is 0 Å². The summed E-state index contributed by atoms with van der Waals surface area (Å²) in [4.78, 5) is 3.79. The van der Waals surface area contributed by atoms with Crippen LogP contribution in [0.3, 0.4) is 0 Å². The molecule has 20 heavy (non-hydrogen) atoms. The van der Waals surface area contributed by atoms with Crippen LogP contribution in [-0.2, 0) is 10.9 Å². The zero-order valence-corrected chi connectivity index (χ0v) is 10.7. The van der Waals surface area contributed by atoms with Crippen LogP contribution in [0.2, 0.25) is 0 Å². The Morgan fingerprint density at radius 3 is 2.60 bits per heavy atom. The summed E-state index contributed by atoms with van der Waals surface area (Å²) in [5, 5.41) is 12.9. The second-order valence-electron chi connectivity index (χ2n) is 4.85. The number of ether oxygens (including phenoxy) is 1. The van der Waals surface area contributed by atoms with Gasteiger partial charge >= 0.3 is 6.18 Å². The highest BCUT2D eigenvalue weighted by atomic mass is 19.4. The lowest BCUT2D eigenvalue weighted by Crippen LogP contribution is -2.42. The Morgan fingerprint density at radius 2 is 2.00 bits per heavy atom. The molecule has 8 heteroatoms. The molecule has 0 unspecified atom stereocenters. The highest BCUT2D eigenvalue weighted by molar-refractivity contribution is 5.47. The Bertz CT molecular complexity index is 474. The third-order valence-electron chi connectivity index (χ3n) is 3.19. The Labute approximate surface area is 113 Å². The average molecular weight is 291 g/mol. The molecule has 0 spiro atoms. The van der Waals surface area contributed by atoms with Gasteiger partial charge in [0.25, 0.3) is 0 Å². The molecule has 0 bridgehead atoms. The van der Waals surface area contributed by atoms with Crippen molar-refractivity contribution in [3.8, 4) is 0 Å². The maximum Gasteiger partial charge on any atom is 0.416 e. The maximum atomic E-state index is 12.6. The molecule has 0 radical (unpaired) electrons. The normalized spacial score (nSPS) is 18.8. The molecule has 2 rings (SSSR count). The SMILES string of the molecule is Nc1cc(C(F)(F)F)cc(NCC2(O)CCOCC2)n1. The molecule has 5 nitrogen and oxygen atoms in total. The van der Waals surface area contributed by atoms with E-state index in [-0.39, 0.29) is 18.2 Å². The summed E-state index contributed by atoms with van der Waals surface area (Å²) in [6, 6.07) is 1.65. The minimum atomic E-state index is -4.48. The van der Waals surface area contributed by atoms with E-state index in [2.05, 4.69) is 10.3 Å². The standard InChI is InChI=1S/C12H16F3N3O2/c13-12(14,15)8-5-9(16)18-10(6-8)17-7-11(19)1-3-20-4-2-11/h5-6,19H,1-4,7H2,(H3,16,17,18). The Kier molecular flexibility index (Phi) is 4.05. The van der Waals surface area contributed by atoms with Gasteiger partial charge in [0, 0.05) is 32.6 Å². The summed E-state index contributed by atoms with van der Waals surface area (Å²) in [7, 11) is 0. The minimum Gasteiger partial charge on any atom is -0.388 e. The zero-order chi connectivity index (χ0) is 14.8. The lowest BCUT2D eigenvalue weighted by atomic mass is 9.94. The summed E-state index contributed by atoms with van der Waals surface area (Å²) in [6.07, 6.45) is -3.63. The van der Waals surface area contributed by atoms with E-state index >= 15 is 0 Å². The first-order valence-electron chi connectivity index (χ1n) is 6.17. The van der Waals surface area contributed by atoms with Crippen LogP contribution in [0.5, 0.6) is 0 Å². The average Bonchev–Trinajstić information content (AvgIpc) is 2.36. The molecule has 112 valence electrons. The molecule has 0 aliphatic carbocycles. The molecule has 1 aromatic rings. The van der Waals surface area contributed by atoms with Crippen molar-refractivity contribution < 1.29 is 23.0 Å². The molecule has 1 saturated heterocycles. The van der Waals surface area contributed by atoms with E-state index in [0.29, 0.717) is 26.1 Å². The van der Waals surface area contributed by atoms with Crippen molar-refractivity contribution in [1.82, 2.24) is 4.98 Å². The van der Waals surface area contributed by atoms with E-state index in [0.717, 1.165) is 12.1 Å². The number of aromatic nitrogens is 1. The number of pyridine rings is 1. The smallest absolute Gasteiger partial charge is 0.388 e. The Morgan fingerprint density at radius 1 is 1.35 bits per heavy atom. The molecule has 0 saturated carbocycles. The molecular weight excluding hydrogens is 275 g/mol. The highest BCUT2D eigenvalue weighted by Gasteiger charge is 2.32. The van der Waals surface area contributed by atoms with Crippen molar-refractivity contribution in [2.75, 3.05) is 30.8 Å². The molecule has 1 aromatic heterocycles. The van der Waals surface area contributed by atoms with E-state index in [9.17, 15) is 18.3 Å². The first-order chi connectivity index (χ1) is 9.28. The van der Waals surface area contributed by atoms with Gasteiger partial charge in [-0.05, 0) is 12.1 Å². The van der Waals surface area contributed by atoms with E-state index in [1.807, 2.05) is 0 Å². The molecule has 1 aliphatic heterocycles. The lowest BCUT2D eigenvalue weighted by Gasteiger charge is -2.32. The van der Waals surface area contributed by atoms with Gasteiger partial charge in [-0.1, -0.05) is 0 Å². The number of aliphatic hydroxyl groups is 1. The van der Waals surface area contributed by atoms with E-state index in [4.69, 9.17) is 10.5 Å². The number of rotatable bonds is 3. The maximum absolute atomic E-state index is 12.6. The van der Waals surface area contributed by atoms with Gasteiger partial charge in [0.2, 0.25) is 0 Å². The van der Waals surface area contributed by atoms with Crippen LogP contribution in [0.25, 0.3) is 0 Å². The fourth-order valence-electron chi connectivity index (χ4n) is 1.99. The van der Waals surface area contributed by atoms with Gasteiger partial charge in [0.1, 0.15) is 11.6 Å². The largest absolute Gasteiger partial charge is 0.416 e. The summed E-state index contributed by atoms with van der Waals surface area (Å²) < 4.78 is 43.1. The Hall–Kier alpha value is -1.54. The van der Waals surface area contributed by atoms with Crippen molar-refractivity contribution in [1.29, 1.82) is 0 Å². The van der Waals surface area contributed by atoms with Crippen LogP contribution in [0.15, 0.2) is 12.1 Å². The Balaban J connectivity index is 2.07. The molecule has 0 amide bonds. The number of halogens is 3. The first-order valence-corrected chi connectivity index (χ1v) is 6.17. The number of nitrogens with zero attached hydrogens (tertiary/aromatic N) is 1. The van der Waals surface area contributed by atoms with Crippen molar-refractivity contribution in [3.05, 3.63) is 17.7 Å². The van der Waals surface area contributed by atoms with Crippen LogP contribution < -0.4 is 11.1 Å². The summed E-state index contributed by atoms with van der Waals surface area (Å²) >= 11 is 0. The fourth-order valence-corrected chi connectivity index (χ4v) is 1.99. The molecule has 0 aromatic carbocycles. The molecular formula is C12H16F3N3O2. The van der Waals surface area contributed by atoms with E-state index < -0.39 is 17.3 Å². The number of nitrogen functional groups attached to an aromatic ring is 1. The van der Waals surface area contributed by atoms with Crippen molar-refractivity contribution in [2.45, 2.75) is 24.6 Å². The predicted octanol–water partition coefficient (Wildman–Crippen LogP) is 1.64. The quantitative estimate of drug-likeness (QED) is 0.789. The first kappa shape index (κ1) is 14.9. The third-order valence-corrected chi connectivity index (χ3v) is 3.19. The van der Waals surface area contributed by atoms with Crippen LogP contribution in [0, 0.1) is 0 Å². The monoisotopic (exact) mass is 291 g/mol. The number of nitrogens with one attached hydrogen (secondary N) is 1. The summed E-state index contributed by atoms with van der Waals surface area (Å²) in [5.41, 5.74) is 3.50. The molecule has 4 N–H and O–H groups in total. The number of hydrogen-bond acceptors (Lipinski definition) is 5. The van der Waals surface area contributed by atoms with Gasteiger partial charge in [-0.15, -0.1) is 0 Å². The van der Waals surface area contributed by atoms with Crippen molar-refractivity contribution in [2.24, 2.45) is 0 Å². The van der Waals surface area contributed by atoms with Gasteiger partial charge in [-0.25, -0.2) is 4.98 Å². The summed E-state index contributed by atoms with van der Waals surface area (Å²) in [6.45, 7) is 0.955. The van der Waals surface area contributed by atoms with E-state index in [1.165, 1.54) is 0 Å². The number of anilines is 2. The predicted molar refractivity (Wildman–Crippen MR) is 67.1 cm³/mol. The van der Waals surface area contributed by atoms with Crippen LogP contribution >= 0.6 is 0 Å². The topological polar surface area (TPSA) is 80.4 Å².